The van der Waals surface area contributed by atoms with Gasteiger partial charge in [-0.3, -0.25) is 0 Å². The van der Waals surface area contributed by atoms with Gasteiger partial charge in [-0.05, 0) is 18.1 Å². The minimum atomic E-state index is 0. The number of nitrogens with zero attached hydrogens (tertiary/aromatic N) is 1. The van der Waals surface area contributed by atoms with Gasteiger partial charge in [0.15, 0.2) is 0 Å². The molecule has 0 N–H and O–H groups in total. The standard InChI is InChI=1S/C18H19NS.ClH/c1-15-18(12-16-8-4-2-5-9-16)20-14-19(15)13-17-10-6-3-7-11-17;/h2-11H,12-14H2,1H3;1H. The molecule has 0 saturated carbocycles. The van der Waals surface area contributed by atoms with Gasteiger partial charge in [0.25, 0.3) is 0 Å². The van der Waals surface area contributed by atoms with Crippen molar-refractivity contribution in [3.8, 4) is 0 Å². The summed E-state index contributed by atoms with van der Waals surface area (Å²) in [4.78, 5) is 3.98. The van der Waals surface area contributed by atoms with Crippen LogP contribution < -0.4 is 0 Å². The molecule has 1 nitrogen and oxygen atoms in total. The molecule has 21 heavy (non-hydrogen) atoms. The van der Waals surface area contributed by atoms with Crippen molar-refractivity contribution in [3.63, 3.8) is 0 Å². The summed E-state index contributed by atoms with van der Waals surface area (Å²) < 4.78 is 0. The molecule has 2 aromatic carbocycles. The first-order valence-electron chi connectivity index (χ1n) is 6.98. The topological polar surface area (TPSA) is 3.24 Å². The summed E-state index contributed by atoms with van der Waals surface area (Å²) in [6.07, 6.45) is 1.06. The first kappa shape index (κ1) is 16.0. The second kappa shape index (κ2) is 7.58. The Morgan fingerprint density at radius 3 is 2.10 bits per heavy atom. The highest BCUT2D eigenvalue weighted by Gasteiger charge is 2.19. The van der Waals surface area contributed by atoms with Gasteiger partial charge in [0.1, 0.15) is 0 Å². The van der Waals surface area contributed by atoms with Crippen molar-refractivity contribution in [2.24, 2.45) is 0 Å². The molecule has 0 bridgehead atoms. The van der Waals surface area contributed by atoms with Crippen LogP contribution in [0.1, 0.15) is 18.1 Å². The lowest BCUT2D eigenvalue weighted by Crippen LogP contribution is -2.16. The number of halogens is 1. The molecule has 110 valence electrons. The third-order valence-corrected chi connectivity index (χ3v) is 4.93. The van der Waals surface area contributed by atoms with Crippen molar-refractivity contribution in [1.29, 1.82) is 0 Å². The Morgan fingerprint density at radius 2 is 1.48 bits per heavy atom. The van der Waals surface area contributed by atoms with Crippen molar-refractivity contribution >= 4 is 24.2 Å². The van der Waals surface area contributed by atoms with Gasteiger partial charge in [-0.25, -0.2) is 0 Å². The Kier molecular flexibility index (Phi) is 5.77. The number of rotatable bonds is 4. The van der Waals surface area contributed by atoms with Gasteiger partial charge in [-0.15, -0.1) is 24.2 Å². The molecule has 1 aliphatic rings. The minimum absolute atomic E-state index is 0. The van der Waals surface area contributed by atoms with Crippen molar-refractivity contribution < 1.29 is 0 Å². The Labute approximate surface area is 137 Å². The molecule has 0 aliphatic carbocycles. The van der Waals surface area contributed by atoms with Crippen LogP contribution in [0.3, 0.4) is 0 Å². The highest BCUT2D eigenvalue weighted by molar-refractivity contribution is 8.03. The van der Waals surface area contributed by atoms with Gasteiger partial charge in [-0.1, -0.05) is 60.7 Å². The van der Waals surface area contributed by atoms with E-state index in [1.165, 1.54) is 21.7 Å². The van der Waals surface area contributed by atoms with Crippen LogP contribution in [-0.2, 0) is 13.0 Å². The van der Waals surface area contributed by atoms with E-state index in [-0.39, 0.29) is 12.4 Å². The molecule has 3 heteroatoms. The molecular formula is C18H20ClNS. The SMILES string of the molecule is CC1=C(Cc2ccccc2)SCN1Cc1ccccc1.Cl. The molecule has 0 amide bonds. The molecule has 0 saturated heterocycles. The fourth-order valence-corrected chi connectivity index (χ4v) is 3.67. The number of benzene rings is 2. The van der Waals surface area contributed by atoms with Gasteiger partial charge in [0.2, 0.25) is 0 Å². The smallest absolute Gasteiger partial charge is 0.0684 e. The second-order valence-electron chi connectivity index (χ2n) is 5.13. The van der Waals surface area contributed by atoms with Crippen molar-refractivity contribution in [3.05, 3.63) is 82.4 Å². The first-order valence-corrected chi connectivity index (χ1v) is 7.97. The minimum Gasteiger partial charge on any atom is -0.360 e. The van der Waals surface area contributed by atoms with Crippen LogP contribution in [0.15, 0.2) is 71.3 Å². The van der Waals surface area contributed by atoms with Gasteiger partial charge in [0, 0.05) is 23.6 Å². The summed E-state index contributed by atoms with van der Waals surface area (Å²) in [5, 5.41) is 0. The highest BCUT2D eigenvalue weighted by atomic mass is 35.5. The van der Waals surface area contributed by atoms with Crippen LogP contribution in [-0.4, -0.2) is 10.8 Å². The maximum atomic E-state index is 2.47. The van der Waals surface area contributed by atoms with E-state index in [1.54, 1.807) is 0 Å². The zero-order chi connectivity index (χ0) is 13.8. The molecule has 2 aromatic rings. The van der Waals surface area contributed by atoms with Crippen molar-refractivity contribution in [2.45, 2.75) is 19.9 Å². The highest BCUT2D eigenvalue weighted by Crippen LogP contribution is 2.34. The van der Waals surface area contributed by atoms with E-state index < -0.39 is 0 Å². The first-order chi connectivity index (χ1) is 9.83. The van der Waals surface area contributed by atoms with E-state index in [9.17, 15) is 0 Å². The van der Waals surface area contributed by atoms with Gasteiger partial charge in [-0.2, -0.15) is 0 Å². The van der Waals surface area contributed by atoms with Crippen LogP contribution in [0, 0.1) is 0 Å². The summed E-state index contributed by atoms with van der Waals surface area (Å²) in [5.41, 5.74) is 4.21. The number of thioether (sulfide) groups is 1. The van der Waals surface area contributed by atoms with Crippen LogP contribution >= 0.6 is 24.2 Å². The number of allylic oxidation sites excluding steroid dienone is 2. The molecule has 0 aromatic heterocycles. The Balaban J connectivity index is 0.00000161. The molecule has 1 aliphatic heterocycles. The average Bonchev–Trinajstić information content (AvgIpc) is 2.83. The summed E-state index contributed by atoms with van der Waals surface area (Å²) in [5.74, 6) is 1.07. The van der Waals surface area contributed by atoms with E-state index in [0.29, 0.717) is 0 Å². The molecule has 0 fully saturated rings. The number of hydrogen-bond acceptors (Lipinski definition) is 2. The van der Waals surface area contributed by atoms with Gasteiger partial charge in [0.05, 0.1) is 5.88 Å². The summed E-state index contributed by atoms with van der Waals surface area (Å²) in [6.45, 7) is 3.26. The average molecular weight is 318 g/mol. The predicted molar refractivity (Wildman–Crippen MR) is 94.5 cm³/mol. The van der Waals surface area contributed by atoms with E-state index in [0.717, 1.165) is 18.8 Å². The molecule has 0 atom stereocenters. The van der Waals surface area contributed by atoms with Gasteiger partial charge < -0.3 is 4.90 Å². The van der Waals surface area contributed by atoms with Crippen LogP contribution in [0.25, 0.3) is 0 Å². The third-order valence-electron chi connectivity index (χ3n) is 3.70. The van der Waals surface area contributed by atoms with Crippen LogP contribution in [0.5, 0.6) is 0 Å². The molecule has 0 spiro atoms. The van der Waals surface area contributed by atoms with E-state index in [1.807, 2.05) is 11.8 Å². The van der Waals surface area contributed by atoms with Crippen molar-refractivity contribution in [2.75, 3.05) is 5.88 Å². The summed E-state index contributed by atoms with van der Waals surface area (Å²) in [6, 6.07) is 21.4. The third kappa shape index (κ3) is 4.05. The quantitative estimate of drug-likeness (QED) is 0.772. The molecule has 3 rings (SSSR count). The Morgan fingerprint density at radius 1 is 0.905 bits per heavy atom. The van der Waals surface area contributed by atoms with E-state index >= 15 is 0 Å². The maximum absolute atomic E-state index is 2.47. The van der Waals surface area contributed by atoms with E-state index in [4.69, 9.17) is 0 Å². The Bertz CT molecular complexity index is 595. The van der Waals surface area contributed by atoms with Crippen LogP contribution in [0.2, 0.25) is 0 Å². The zero-order valence-corrected chi connectivity index (χ0v) is 13.8. The fraction of sp³-hybridized carbons (Fsp3) is 0.222. The van der Waals surface area contributed by atoms with Crippen molar-refractivity contribution in [1.82, 2.24) is 4.90 Å². The molecule has 1 heterocycles. The summed E-state index contributed by atoms with van der Waals surface area (Å²) >= 11 is 1.98. The monoisotopic (exact) mass is 317 g/mol. The summed E-state index contributed by atoms with van der Waals surface area (Å²) in [7, 11) is 0. The van der Waals surface area contributed by atoms with E-state index in [2.05, 4.69) is 72.5 Å². The fourth-order valence-electron chi connectivity index (χ4n) is 2.46. The largest absolute Gasteiger partial charge is 0.360 e. The van der Waals surface area contributed by atoms with Gasteiger partial charge >= 0.3 is 0 Å². The Hall–Kier alpha value is -1.38. The number of hydrogen-bond donors (Lipinski definition) is 0. The van der Waals surface area contributed by atoms with Crippen LogP contribution in [0.4, 0.5) is 0 Å². The normalized spacial score (nSPS) is 14.2. The molecule has 0 unspecified atom stereocenters. The lowest BCUT2D eigenvalue weighted by Gasteiger charge is -2.19. The maximum Gasteiger partial charge on any atom is 0.0684 e. The second-order valence-corrected chi connectivity index (χ2v) is 6.17. The lowest BCUT2D eigenvalue weighted by molar-refractivity contribution is 0.402. The molecule has 0 radical (unpaired) electrons. The zero-order valence-electron chi connectivity index (χ0n) is 12.2. The lowest BCUT2D eigenvalue weighted by atomic mass is 10.1. The molecular weight excluding hydrogens is 298 g/mol. The predicted octanol–water partition coefficient (Wildman–Crippen LogP) is 5.09.